The van der Waals surface area contributed by atoms with Gasteiger partial charge >= 0.3 is 0 Å². The van der Waals surface area contributed by atoms with E-state index in [0.29, 0.717) is 5.16 Å². The van der Waals surface area contributed by atoms with Crippen molar-refractivity contribution < 1.29 is 9.53 Å². The third kappa shape index (κ3) is 5.80. The third-order valence-electron chi connectivity index (χ3n) is 5.93. The fourth-order valence-electron chi connectivity index (χ4n) is 4.25. The van der Waals surface area contributed by atoms with E-state index in [-0.39, 0.29) is 11.7 Å². The molecule has 2 heterocycles. The number of aryl methyl sites for hydroxylation is 3. The molecule has 7 nitrogen and oxygen atoms in total. The van der Waals surface area contributed by atoms with Crippen LogP contribution in [0.5, 0.6) is 5.75 Å². The first-order valence-electron chi connectivity index (χ1n) is 11.4. The maximum Gasteiger partial charge on any atom is 0.234 e. The molecule has 0 spiro atoms. The lowest BCUT2D eigenvalue weighted by atomic mass is 10.1. The standard InChI is InChI=1S/C26H31N5O2S/c1-18-15-19(2)25(20(3)16-18)29-24(32)17-34-26-27-10-9-23(28-26)31-13-11-30(12-14-31)21-5-7-22(33-4)8-6-21/h5-10,15-16H,11-14,17H2,1-4H3,(H,29,32). The van der Waals surface area contributed by atoms with Crippen LogP contribution >= 0.6 is 11.8 Å². The van der Waals surface area contributed by atoms with E-state index in [1.54, 1.807) is 13.3 Å². The Labute approximate surface area is 205 Å². The molecule has 1 N–H and O–H groups in total. The molecule has 0 saturated carbocycles. The lowest BCUT2D eigenvalue weighted by Gasteiger charge is -2.36. The number of benzene rings is 2. The zero-order chi connectivity index (χ0) is 24.1. The number of anilines is 3. The van der Waals surface area contributed by atoms with Gasteiger partial charge in [0, 0.05) is 43.8 Å². The third-order valence-corrected chi connectivity index (χ3v) is 6.80. The van der Waals surface area contributed by atoms with E-state index in [0.717, 1.165) is 54.6 Å². The maximum absolute atomic E-state index is 12.6. The first-order chi connectivity index (χ1) is 16.4. The van der Waals surface area contributed by atoms with Crippen LogP contribution < -0.4 is 19.9 Å². The zero-order valence-corrected chi connectivity index (χ0v) is 21.0. The van der Waals surface area contributed by atoms with E-state index in [1.807, 2.05) is 32.0 Å². The molecule has 1 aliphatic heterocycles. The van der Waals surface area contributed by atoms with Gasteiger partial charge in [-0.15, -0.1) is 0 Å². The molecule has 3 aromatic rings. The van der Waals surface area contributed by atoms with Gasteiger partial charge in [-0.05, 0) is 62.2 Å². The molecule has 0 unspecified atom stereocenters. The minimum absolute atomic E-state index is 0.0536. The molecule has 1 aliphatic rings. The van der Waals surface area contributed by atoms with E-state index in [9.17, 15) is 4.79 Å². The molecule has 8 heteroatoms. The van der Waals surface area contributed by atoms with Gasteiger partial charge in [-0.3, -0.25) is 4.79 Å². The van der Waals surface area contributed by atoms with Crippen LogP contribution in [0.25, 0.3) is 0 Å². The highest BCUT2D eigenvalue weighted by atomic mass is 32.2. The first kappa shape index (κ1) is 23.9. The van der Waals surface area contributed by atoms with Crippen LogP contribution in [0.2, 0.25) is 0 Å². The molecule has 0 radical (unpaired) electrons. The summed E-state index contributed by atoms with van der Waals surface area (Å²) in [7, 11) is 1.68. The number of nitrogens with zero attached hydrogens (tertiary/aromatic N) is 4. The van der Waals surface area contributed by atoms with Gasteiger partial charge in [-0.25, -0.2) is 9.97 Å². The first-order valence-corrected chi connectivity index (χ1v) is 12.4. The Balaban J connectivity index is 1.31. The highest BCUT2D eigenvalue weighted by Crippen LogP contribution is 2.25. The monoisotopic (exact) mass is 477 g/mol. The molecule has 0 atom stereocenters. The molecule has 2 aromatic carbocycles. The molecule has 1 aromatic heterocycles. The average molecular weight is 478 g/mol. The highest BCUT2D eigenvalue weighted by Gasteiger charge is 2.19. The van der Waals surface area contributed by atoms with Crippen molar-refractivity contribution in [3.8, 4) is 5.75 Å². The zero-order valence-electron chi connectivity index (χ0n) is 20.2. The van der Waals surface area contributed by atoms with Crippen molar-refractivity contribution in [3.63, 3.8) is 0 Å². The van der Waals surface area contributed by atoms with Crippen LogP contribution in [0.15, 0.2) is 53.8 Å². The normalized spacial score (nSPS) is 13.6. The van der Waals surface area contributed by atoms with Gasteiger partial charge in [-0.1, -0.05) is 29.5 Å². The molecule has 1 saturated heterocycles. The van der Waals surface area contributed by atoms with Crippen molar-refractivity contribution in [2.24, 2.45) is 0 Å². The van der Waals surface area contributed by atoms with Gasteiger partial charge in [-0.2, -0.15) is 0 Å². The Morgan fingerprint density at radius 2 is 1.65 bits per heavy atom. The average Bonchev–Trinajstić information content (AvgIpc) is 2.85. The topological polar surface area (TPSA) is 70.6 Å². The van der Waals surface area contributed by atoms with Crippen molar-refractivity contribution in [1.82, 2.24) is 9.97 Å². The summed E-state index contributed by atoms with van der Waals surface area (Å²) >= 11 is 1.36. The van der Waals surface area contributed by atoms with Crippen LogP contribution in [-0.2, 0) is 4.79 Å². The number of carbonyl (C=O) groups excluding carboxylic acids is 1. The molecule has 4 rings (SSSR count). The molecule has 0 bridgehead atoms. The Morgan fingerprint density at radius 3 is 2.29 bits per heavy atom. The van der Waals surface area contributed by atoms with Gasteiger partial charge in [0.1, 0.15) is 11.6 Å². The van der Waals surface area contributed by atoms with Gasteiger partial charge in [0.2, 0.25) is 5.91 Å². The van der Waals surface area contributed by atoms with Gasteiger partial charge in [0.05, 0.1) is 12.9 Å². The van der Waals surface area contributed by atoms with Crippen molar-refractivity contribution >= 4 is 34.9 Å². The van der Waals surface area contributed by atoms with Crippen molar-refractivity contribution in [2.45, 2.75) is 25.9 Å². The summed E-state index contributed by atoms with van der Waals surface area (Å²) in [6.45, 7) is 9.67. The molecule has 1 amide bonds. The Bertz CT molecular complexity index is 1120. The summed E-state index contributed by atoms with van der Waals surface area (Å²) in [5, 5.41) is 3.66. The Morgan fingerprint density at radius 1 is 1.00 bits per heavy atom. The summed E-state index contributed by atoms with van der Waals surface area (Å²) in [6, 6.07) is 14.3. The molecular formula is C26H31N5O2S. The van der Waals surface area contributed by atoms with Crippen molar-refractivity contribution in [3.05, 3.63) is 65.4 Å². The lowest BCUT2D eigenvalue weighted by Crippen LogP contribution is -2.46. The molecule has 178 valence electrons. The van der Waals surface area contributed by atoms with E-state index in [4.69, 9.17) is 9.72 Å². The fraction of sp³-hybridized carbons (Fsp3) is 0.346. The summed E-state index contributed by atoms with van der Waals surface area (Å²) < 4.78 is 5.25. The number of carbonyl (C=O) groups is 1. The minimum Gasteiger partial charge on any atom is -0.497 e. The number of nitrogens with one attached hydrogen (secondary N) is 1. The second kappa shape index (κ2) is 10.8. The molecule has 34 heavy (non-hydrogen) atoms. The van der Waals surface area contributed by atoms with Gasteiger partial charge in [0.25, 0.3) is 0 Å². The second-order valence-corrected chi connectivity index (χ2v) is 9.42. The summed E-state index contributed by atoms with van der Waals surface area (Å²) in [5.74, 6) is 1.98. The molecule has 0 aliphatic carbocycles. The number of hydrogen-bond acceptors (Lipinski definition) is 7. The predicted molar refractivity (Wildman–Crippen MR) is 139 cm³/mol. The maximum atomic E-state index is 12.6. The number of rotatable bonds is 7. The second-order valence-electron chi connectivity index (χ2n) is 8.48. The van der Waals surface area contributed by atoms with Crippen LogP contribution in [0.4, 0.5) is 17.2 Å². The summed E-state index contributed by atoms with van der Waals surface area (Å²) in [4.78, 5) is 26.3. The van der Waals surface area contributed by atoms with Crippen molar-refractivity contribution in [1.29, 1.82) is 0 Å². The molecule has 1 fully saturated rings. The fourth-order valence-corrected chi connectivity index (χ4v) is 4.87. The van der Waals surface area contributed by atoms with E-state index >= 15 is 0 Å². The van der Waals surface area contributed by atoms with E-state index < -0.39 is 0 Å². The number of ether oxygens (including phenoxy) is 1. The Hall–Kier alpha value is -3.26. The van der Waals surface area contributed by atoms with Crippen LogP contribution in [0.3, 0.4) is 0 Å². The Kier molecular flexibility index (Phi) is 7.57. The summed E-state index contributed by atoms with van der Waals surface area (Å²) in [5.41, 5.74) is 5.42. The number of hydrogen-bond donors (Lipinski definition) is 1. The van der Waals surface area contributed by atoms with Gasteiger partial charge < -0.3 is 19.9 Å². The number of thioether (sulfide) groups is 1. The number of aromatic nitrogens is 2. The number of methoxy groups -OCH3 is 1. The smallest absolute Gasteiger partial charge is 0.234 e. The van der Waals surface area contributed by atoms with Crippen LogP contribution in [-0.4, -0.2) is 54.9 Å². The number of amides is 1. The van der Waals surface area contributed by atoms with Crippen molar-refractivity contribution in [2.75, 3.05) is 54.2 Å². The lowest BCUT2D eigenvalue weighted by molar-refractivity contribution is -0.113. The number of piperazine rings is 1. The quantitative estimate of drug-likeness (QED) is 0.398. The summed E-state index contributed by atoms with van der Waals surface area (Å²) in [6.07, 6.45) is 1.77. The predicted octanol–water partition coefficient (Wildman–Crippen LogP) is 4.47. The largest absolute Gasteiger partial charge is 0.497 e. The van der Waals surface area contributed by atoms with Crippen LogP contribution in [0.1, 0.15) is 16.7 Å². The van der Waals surface area contributed by atoms with Crippen LogP contribution in [0, 0.1) is 20.8 Å². The SMILES string of the molecule is COc1ccc(N2CCN(c3ccnc(SCC(=O)Nc4c(C)cc(C)cc4C)n3)CC2)cc1. The van der Waals surface area contributed by atoms with E-state index in [1.165, 1.54) is 23.0 Å². The minimum atomic E-state index is -0.0536. The van der Waals surface area contributed by atoms with Gasteiger partial charge in [0.15, 0.2) is 5.16 Å². The molecular weight excluding hydrogens is 446 g/mol. The van der Waals surface area contributed by atoms with E-state index in [2.05, 4.69) is 51.3 Å². The highest BCUT2D eigenvalue weighted by molar-refractivity contribution is 7.99.